The summed E-state index contributed by atoms with van der Waals surface area (Å²) in [6.45, 7) is 3.31. The van der Waals surface area contributed by atoms with Crippen LogP contribution in [0.4, 0.5) is 0 Å². The molecular weight excluding hydrogens is 132 g/mol. The van der Waals surface area contributed by atoms with Crippen LogP contribution in [0.2, 0.25) is 0 Å². The molecule has 1 atom stereocenters. The zero-order chi connectivity index (χ0) is 7.98. The molecule has 0 amide bonds. The van der Waals surface area contributed by atoms with Crippen molar-refractivity contribution in [1.29, 1.82) is 0 Å². The van der Waals surface area contributed by atoms with Gasteiger partial charge in [-0.05, 0) is 6.08 Å². The lowest BCUT2D eigenvalue weighted by molar-refractivity contribution is -0.134. The lowest BCUT2D eigenvalue weighted by Crippen LogP contribution is -1.99. The average Bonchev–Trinajstić information content (AvgIpc) is 1.99. The second-order valence-corrected chi connectivity index (χ2v) is 1.61. The molecule has 0 spiro atoms. The minimum Gasteiger partial charge on any atom is -0.466 e. The van der Waals surface area contributed by atoms with Crippen LogP contribution in [-0.2, 0) is 9.53 Å². The number of carbonyl (C=O) groups is 1. The van der Waals surface area contributed by atoms with Gasteiger partial charge in [-0.15, -0.1) is 6.58 Å². The highest BCUT2D eigenvalue weighted by Crippen LogP contribution is 1.86. The highest BCUT2D eigenvalue weighted by Gasteiger charge is 1.93. The summed E-state index contributed by atoms with van der Waals surface area (Å²) in [4.78, 5) is 10.4. The van der Waals surface area contributed by atoms with Gasteiger partial charge in [0.25, 0.3) is 0 Å². The van der Waals surface area contributed by atoms with Crippen LogP contribution in [0.3, 0.4) is 0 Å². The van der Waals surface area contributed by atoms with Gasteiger partial charge in [-0.3, -0.25) is 0 Å². The van der Waals surface area contributed by atoms with Crippen LogP contribution in [0.1, 0.15) is 0 Å². The van der Waals surface area contributed by atoms with Gasteiger partial charge in [0.15, 0.2) is 0 Å². The van der Waals surface area contributed by atoms with Crippen LogP contribution in [-0.4, -0.2) is 24.3 Å². The summed E-state index contributed by atoms with van der Waals surface area (Å²) in [5.74, 6) is -0.485. The lowest BCUT2D eigenvalue weighted by Gasteiger charge is -1.93. The van der Waals surface area contributed by atoms with Crippen LogP contribution in [0.5, 0.6) is 0 Å². The maximum absolute atomic E-state index is 10.4. The van der Waals surface area contributed by atoms with Gasteiger partial charge in [0.1, 0.15) is 0 Å². The molecule has 1 N–H and O–H groups in total. The predicted molar refractivity (Wildman–Crippen MR) is 37.4 cm³/mol. The molecule has 56 valence electrons. The summed E-state index contributed by atoms with van der Waals surface area (Å²) in [6.07, 6.45) is 2.96. The topological polar surface area (TPSA) is 46.5 Å². The first-order valence-electron chi connectivity index (χ1n) is 2.77. The van der Waals surface area contributed by atoms with Crippen LogP contribution in [0.25, 0.3) is 0 Å². The van der Waals surface area contributed by atoms with Gasteiger partial charge in [-0.25, -0.2) is 4.79 Å². The highest BCUT2D eigenvalue weighted by atomic mass is 16.5. The average molecular weight is 142 g/mol. The first kappa shape index (κ1) is 8.91. The molecule has 0 aliphatic heterocycles. The van der Waals surface area contributed by atoms with E-state index in [0.717, 1.165) is 6.08 Å². The summed E-state index contributed by atoms with van der Waals surface area (Å²) in [5, 5.41) is 8.79. The predicted octanol–water partition coefficient (Wildman–Crippen LogP) is 0.262. The third kappa shape index (κ3) is 3.86. The van der Waals surface area contributed by atoms with Gasteiger partial charge < -0.3 is 9.84 Å². The SMILES string of the molecule is C=CC(O)/C=C/C(=O)OC. The molecule has 1 unspecified atom stereocenters. The zero-order valence-corrected chi connectivity index (χ0v) is 5.78. The first-order valence-corrected chi connectivity index (χ1v) is 2.77. The largest absolute Gasteiger partial charge is 0.466 e. The fourth-order valence-corrected chi connectivity index (χ4v) is 0.324. The molecule has 3 heteroatoms. The molecule has 0 saturated heterocycles. The van der Waals surface area contributed by atoms with E-state index in [4.69, 9.17) is 5.11 Å². The Hall–Kier alpha value is -1.09. The highest BCUT2D eigenvalue weighted by molar-refractivity contribution is 5.81. The van der Waals surface area contributed by atoms with Crippen LogP contribution >= 0.6 is 0 Å². The molecule has 0 fully saturated rings. The molecule has 0 saturated carbocycles. The van der Waals surface area contributed by atoms with Gasteiger partial charge in [-0.2, -0.15) is 0 Å². The van der Waals surface area contributed by atoms with E-state index in [-0.39, 0.29) is 0 Å². The summed E-state index contributed by atoms with van der Waals surface area (Å²) < 4.78 is 4.27. The first-order chi connectivity index (χ1) is 4.70. The van der Waals surface area contributed by atoms with E-state index in [1.807, 2.05) is 0 Å². The van der Waals surface area contributed by atoms with E-state index in [1.54, 1.807) is 0 Å². The van der Waals surface area contributed by atoms with Gasteiger partial charge in [-0.1, -0.05) is 6.08 Å². The molecule has 0 aliphatic rings. The van der Waals surface area contributed by atoms with E-state index >= 15 is 0 Å². The Balaban J connectivity index is 3.74. The number of carbonyl (C=O) groups excluding carboxylic acids is 1. The number of methoxy groups -OCH3 is 1. The van der Waals surface area contributed by atoms with Crippen LogP contribution < -0.4 is 0 Å². The molecule has 10 heavy (non-hydrogen) atoms. The number of ether oxygens (including phenoxy) is 1. The Morgan fingerprint density at radius 1 is 1.80 bits per heavy atom. The molecule has 0 radical (unpaired) electrons. The fourth-order valence-electron chi connectivity index (χ4n) is 0.324. The molecule has 0 aromatic heterocycles. The molecular formula is C7H10O3. The maximum Gasteiger partial charge on any atom is 0.330 e. The lowest BCUT2D eigenvalue weighted by atomic mass is 10.3. The maximum atomic E-state index is 10.4. The zero-order valence-electron chi connectivity index (χ0n) is 5.78. The van der Waals surface area contributed by atoms with Crippen molar-refractivity contribution in [2.24, 2.45) is 0 Å². The van der Waals surface area contributed by atoms with Crippen molar-refractivity contribution in [1.82, 2.24) is 0 Å². The molecule has 0 bridgehead atoms. The van der Waals surface area contributed by atoms with E-state index in [2.05, 4.69) is 11.3 Å². The van der Waals surface area contributed by atoms with Crippen molar-refractivity contribution in [2.45, 2.75) is 6.10 Å². The minimum absolute atomic E-state index is 0.485. The Morgan fingerprint density at radius 3 is 2.80 bits per heavy atom. The molecule has 3 nitrogen and oxygen atoms in total. The third-order valence-corrected chi connectivity index (χ3v) is 0.872. The number of aliphatic hydroxyl groups excluding tert-OH is 1. The van der Waals surface area contributed by atoms with Crippen LogP contribution in [0, 0.1) is 0 Å². The van der Waals surface area contributed by atoms with Gasteiger partial charge in [0.05, 0.1) is 13.2 Å². The van der Waals surface area contributed by atoms with Crippen molar-refractivity contribution >= 4 is 5.97 Å². The fraction of sp³-hybridized carbons (Fsp3) is 0.286. The van der Waals surface area contributed by atoms with Crippen molar-refractivity contribution in [2.75, 3.05) is 7.11 Å². The summed E-state index contributed by atoms with van der Waals surface area (Å²) in [6, 6.07) is 0. The third-order valence-electron chi connectivity index (χ3n) is 0.872. The van der Waals surface area contributed by atoms with Crippen molar-refractivity contribution in [3.05, 3.63) is 24.8 Å². The minimum atomic E-state index is -0.779. The van der Waals surface area contributed by atoms with Crippen molar-refractivity contribution in [3.63, 3.8) is 0 Å². The number of hydrogen-bond acceptors (Lipinski definition) is 3. The summed E-state index contributed by atoms with van der Waals surface area (Å²) in [5.41, 5.74) is 0. The molecule has 0 aromatic rings. The van der Waals surface area contributed by atoms with Gasteiger partial charge >= 0.3 is 5.97 Å². The second kappa shape index (κ2) is 4.76. The number of rotatable bonds is 3. The van der Waals surface area contributed by atoms with Crippen LogP contribution in [0.15, 0.2) is 24.8 Å². The number of hydrogen-bond donors (Lipinski definition) is 1. The Morgan fingerprint density at radius 2 is 2.40 bits per heavy atom. The Kier molecular flexibility index (Phi) is 4.24. The monoisotopic (exact) mass is 142 g/mol. The van der Waals surface area contributed by atoms with E-state index in [1.165, 1.54) is 19.3 Å². The van der Waals surface area contributed by atoms with E-state index in [0.29, 0.717) is 0 Å². The summed E-state index contributed by atoms with van der Waals surface area (Å²) in [7, 11) is 1.27. The van der Waals surface area contributed by atoms with E-state index in [9.17, 15) is 4.79 Å². The van der Waals surface area contributed by atoms with Crippen molar-refractivity contribution in [3.8, 4) is 0 Å². The smallest absolute Gasteiger partial charge is 0.330 e. The Labute approximate surface area is 59.6 Å². The van der Waals surface area contributed by atoms with Gasteiger partial charge in [0.2, 0.25) is 0 Å². The quantitative estimate of drug-likeness (QED) is 0.349. The molecule has 0 aromatic carbocycles. The standard InChI is InChI=1S/C7H10O3/c1-3-6(8)4-5-7(9)10-2/h3-6,8H,1H2,2H3/b5-4+. The molecule has 0 rings (SSSR count). The number of aliphatic hydroxyl groups is 1. The number of esters is 1. The van der Waals surface area contributed by atoms with Gasteiger partial charge in [0, 0.05) is 6.08 Å². The summed E-state index contributed by atoms with van der Waals surface area (Å²) >= 11 is 0. The van der Waals surface area contributed by atoms with Crippen molar-refractivity contribution < 1.29 is 14.6 Å². The normalized spacial score (nSPS) is 13.0. The second-order valence-electron chi connectivity index (χ2n) is 1.61. The molecule has 0 aliphatic carbocycles. The van der Waals surface area contributed by atoms with E-state index < -0.39 is 12.1 Å². The molecule has 0 heterocycles. The Bertz CT molecular complexity index is 149.